The second-order valence-corrected chi connectivity index (χ2v) is 12.6. The maximum atomic E-state index is 14.7. The lowest BCUT2D eigenvalue weighted by molar-refractivity contribution is -0.137. The number of nitrogens with one attached hydrogen (secondary N) is 1. The summed E-state index contributed by atoms with van der Waals surface area (Å²) in [7, 11) is 0. The monoisotopic (exact) mass is 640 g/mol. The molecule has 3 N–H and O–H groups in total. The van der Waals surface area contributed by atoms with Crippen LogP contribution in [0.15, 0.2) is 18.2 Å². The van der Waals surface area contributed by atoms with Crippen molar-refractivity contribution in [3.8, 4) is 23.0 Å². The standard InChI is InChI=1S/C28H26ClF5N6O2S/c29-20-19(15-2-3-18(31)23-22(15)37-25(35)43-23)17(28(32,33)34)8-16-21(20)38-26(39-24(16)42-14-4-6-36-10-14)41-12-27-5-1-7-40(27)11-13(30)9-27/h2-3,8,13-14,36H,1,4-7,9-12H2,(H2,35,37). The van der Waals surface area contributed by atoms with Crippen LogP contribution in [0, 0.1) is 5.82 Å². The SMILES string of the molecule is Nc1nc2c(-c3c(C(F)(F)F)cc4c(OC5CCNC5)nc(OCC56CCCN5CC(F)C6)nc4c3Cl)ccc(F)c2s1. The summed E-state index contributed by atoms with van der Waals surface area (Å²) in [5, 5.41) is 2.74. The second kappa shape index (κ2) is 10.5. The van der Waals surface area contributed by atoms with E-state index >= 15 is 0 Å². The lowest BCUT2D eigenvalue weighted by Crippen LogP contribution is -2.43. The molecule has 3 saturated heterocycles. The Morgan fingerprint density at radius 1 is 1.21 bits per heavy atom. The zero-order chi connectivity index (χ0) is 30.1. The normalized spacial score (nSPS) is 24.3. The zero-order valence-corrected chi connectivity index (χ0v) is 24.2. The van der Waals surface area contributed by atoms with Gasteiger partial charge in [0, 0.05) is 30.6 Å². The van der Waals surface area contributed by atoms with Gasteiger partial charge in [0.1, 0.15) is 30.2 Å². The van der Waals surface area contributed by atoms with Gasteiger partial charge in [-0.05, 0) is 50.6 Å². The summed E-state index contributed by atoms with van der Waals surface area (Å²) < 4.78 is 85.1. The van der Waals surface area contributed by atoms with E-state index in [1.165, 1.54) is 6.07 Å². The summed E-state index contributed by atoms with van der Waals surface area (Å²) in [5.74, 6) is -0.773. The molecule has 228 valence electrons. The first-order valence-electron chi connectivity index (χ1n) is 13.9. The van der Waals surface area contributed by atoms with Crippen LogP contribution in [0.25, 0.3) is 32.2 Å². The highest BCUT2D eigenvalue weighted by Crippen LogP contribution is 2.48. The number of fused-ring (bicyclic) bond motifs is 3. The highest BCUT2D eigenvalue weighted by molar-refractivity contribution is 7.22. The molecule has 0 radical (unpaired) electrons. The zero-order valence-electron chi connectivity index (χ0n) is 22.6. The molecule has 2 aromatic heterocycles. The van der Waals surface area contributed by atoms with E-state index in [-0.39, 0.29) is 61.4 Å². The van der Waals surface area contributed by atoms with Gasteiger partial charge < -0.3 is 20.5 Å². The molecule has 0 bridgehead atoms. The molecule has 0 aliphatic carbocycles. The predicted octanol–water partition coefficient (Wildman–Crippen LogP) is 6.00. The molecule has 3 aliphatic rings. The van der Waals surface area contributed by atoms with Crippen LogP contribution in [0.3, 0.4) is 0 Å². The summed E-state index contributed by atoms with van der Waals surface area (Å²) in [6.07, 6.45) is -3.61. The molecular weight excluding hydrogens is 615 g/mol. The number of hydrogen-bond acceptors (Lipinski definition) is 9. The number of alkyl halides is 4. The van der Waals surface area contributed by atoms with Crippen molar-refractivity contribution in [1.82, 2.24) is 25.2 Å². The minimum absolute atomic E-state index is 0.00606. The lowest BCUT2D eigenvalue weighted by atomic mass is 9.95. The number of benzene rings is 2. The van der Waals surface area contributed by atoms with E-state index in [1.54, 1.807) is 0 Å². The second-order valence-electron chi connectivity index (χ2n) is 11.2. The van der Waals surface area contributed by atoms with Gasteiger partial charge in [-0.25, -0.2) is 13.8 Å². The third-order valence-corrected chi connectivity index (χ3v) is 9.75. The van der Waals surface area contributed by atoms with Crippen LogP contribution in [-0.2, 0) is 6.18 Å². The highest BCUT2D eigenvalue weighted by Gasteiger charge is 2.49. The predicted molar refractivity (Wildman–Crippen MR) is 153 cm³/mol. The fraction of sp³-hybridized carbons (Fsp3) is 0.464. The number of hydrogen-bond donors (Lipinski definition) is 2. The first kappa shape index (κ1) is 28.7. The van der Waals surface area contributed by atoms with E-state index < -0.39 is 34.8 Å². The van der Waals surface area contributed by atoms with E-state index in [4.69, 9.17) is 26.8 Å². The van der Waals surface area contributed by atoms with Gasteiger partial charge in [-0.15, -0.1) is 0 Å². The van der Waals surface area contributed by atoms with Crippen LogP contribution >= 0.6 is 22.9 Å². The van der Waals surface area contributed by atoms with Gasteiger partial charge in [0.2, 0.25) is 5.88 Å². The van der Waals surface area contributed by atoms with Crippen molar-refractivity contribution >= 4 is 49.2 Å². The minimum Gasteiger partial charge on any atom is -0.472 e. The van der Waals surface area contributed by atoms with Crippen molar-refractivity contribution in [3.05, 3.63) is 34.6 Å². The largest absolute Gasteiger partial charge is 0.472 e. The van der Waals surface area contributed by atoms with Crippen molar-refractivity contribution in [2.24, 2.45) is 0 Å². The fourth-order valence-electron chi connectivity index (χ4n) is 6.55. The molecule has 3 atom stereocenters. The van der Waals surface area contributed by atoms with E-state index in [0.29, 0.717) is 32.5 Å². The molecule has 5 heterocycles. The van der Waals surface area contributed by atoms with E-state index in [9.17, 15) is 22.0 Å². The number of ether oxygens (including phenoxy) is 2. The average Bonchev–Trinajstić information content (AvgIpc) is 3.73. The van der Waals surface area contributed by atoms with Crippen LogP contribution in [0.5, 0.6) is 11.9 Å². The Labute approximate surface area is 251 Å². The Hall–Kier alpha value is -3.07. The number of aromatic nitrogens is 3. The first-order valence-corrected chi connectivity index (χ1v) is 15.1. The Bertz CT molecular complexity index is 1730. The van der Waals surface area contributed by atoms with Crippen molar-refractivity contribution in [2.45, 2.75) is 49.7 Å². The molecule has 3 aliphatic heterocycles. The molecule has 43 heavy (non-hydrogen) atoms. The van der Waals surface area contributed by atoms with Crippen LogP contribution in [0.4, 0.5) is 27.1 Å². The molecule has 8 nitrogen and oxygen atoms in total. The number of rotatable bonds is 6. The number of anilines is 1. The number of thiazole rings is 1. The quantitative estimate of drug-likeness (QED) is 0.248. The summed E-state index contributed by atoms with van der Waals surface area (Å²) in [5.41, 5.74) is 3.66. The molecule has 0 amide bonds. The van der Waals surface area contributed by atoms with E-state index in [0.717, 1.165) is 42.9 Å². The van der Waals surface area contributed by atoms with Gasteiger partial charge in [-0.3, -0.25) is 4.90 Å². The number of nitrogens with two attached hydrogens (primary N) is 1. The molecule has 7 rings (SSSR count). The Balaban J connectivity index is 1.40. The maximum Gasteiger partial charge on any atom is 0.417 e. The molecule has 4 aromatic rings. The maximum absolute atomic E-state index is 14.7. The molecule has 15 heteroatoms. The van der Waals surface area contributed by atoms with Crippen molar-refractivity contribution in [2.75, 3.05) is 38.5 Å². The van der Waals surface area contributed by atoms with Crippen molar-refractivity contribution in [3.63, 3.8) is 0 Å². The number of halogens is 6. The molecule has 0 spiro atoms. The average molecular weight is 641 g/mol. The van der Waals surface area contributed by atoms with Gasteiger partial charge in [-0.1, -0.05) is 22.9 Å². The van der Waals surface area contributed by atoms with Crippen molar-refractivity contribution < 1.29 is 31.4 Å². The Morgan fingerprint density at radius 3 is 2.81 bits per heavy atom. The molecule has 2 aromatic carbocycles. The van der Waals surface area contributed by atoms with Gasteiger partial charge in [-0.2, -0.15) is 23.1 Å². The summed E-state index contributed by atoms with van der Waals surface area (Å²) in [6, 6.07) is 3.00. The molecule has 3 fully saturated rings. The third kappa shape index (κ3) is 5.01. The smallest absolute Gasteiger partial charge is 0.417 e. The Kier molecular flexibility index (Phi) is 7.02. The van der Waals surface area contributed by atoms with Gasteiger partial charge in [0.25, 0.3) is 0 Å². The van der Waals surface area contributed by atoms with E-state index in [2.05, 4.69) is 25.2 Å². The van der Waals surface area contributed by atoms with Crippen LogP contribution in [0.2, 0.25) is 5.02 Å². The minimum atomic E-state index is -4.87. The van der Waals surface area contributed by atoms with Crippen LogP contribution in [0.1, 0.15) is 31.2 Å². The molecule has 3 unspecified atom stereocenters. The molecule has 0 saturated carbocycles. The summed E-state index contributed by atoms with van der Waals surface area (Å²) >= 11 is 7.63. The van der Waals surface area contributed by atoms with Gasteiger partial charge in [0.15, 0.2) is 5.13 Å². The van der Waals surface area contributed by atoms with Crippen LogP contribution < -0.4 is 20.5 Å². The number of nitrogen functional groups attached to an aromatic ring is 1. The van der Waals surface area contributed by atoms with Crippen LogP contribution in [-0.4, -0.2) is 70.5 Å². The molecular formula is C28H26ClF5N6O2S. The van der Waals surface area contributed by atoms with Crippen molar-refractivity contribution in [1.29, 1.82) is 0 Å². The Morgan fingerprint density at radius 2 is 2.05 bits per heavy atom. The lowest BCUT2D eigenvalue weighted by Gasteiger charge is -2.30. The topological polar surface area (TPSA) is 98.4 Å². The number of nitrogens with zero attached hydrogens (tertiary/aromatic N) is 4. The fourth-order valence-corrected chi connectivity index (χ4v) is 7.66. The first-order chi connectivity index (χ1) is 20.5. The van der Waals surface area contributed by atoms with Gasteiger partial charge in [0.05, 0.1) is 31.7 Å². The summed E-state index contributed by atoms with van der Waals surface area (Å²) in [4.78, 5) is 15.0. The highest BCUT2D eigenvalue weighted by atomic mass is 35.5. The van der Waals surface area contributed by atoms with Gasteiger partial charge >= 0.3 is 12.2 Å². The summed E-state index contributed by atoms with van der Waals surface area (Å²) in [6.45, 7) is 2.34. The third-order valence-electron chi connectivity index (χ3n) is 8.49. The van der Waals surface area contributed by atoms with E-state index in [1.807, 2.05) is 0 Å².